The first-order valence-corrected chi connectivity index (χ1v) is 7.28. The lowest BCUT2D eigenvalue weighted by Crippen LogP contribution is -2.31. The Bertz CT molecular complexity index is 565. The van der Waals surface area contributed by atoms with Gasteiger partial charge in [0.15, 0.2) is 0 Å². The first-order chi connectivity index (χ1) is 10.2. The highest BCUT2D eigenvalue weighted by molar-refractivity contribution is 5.77. The van der Waals surface area contributed by atoms with Gasteiger partial charge in [-0.15, -0.1) is 0 Å². The summed E-state index contributed by atoms with van der Waals surface area (Å²) in [6.07, 6.45) is 8.59. The Kier molecular flexibility index (Phi) is 5.47. The topological polar surface area (TPSA) is 75.8 Å². The number of aryl methyl sites for hydroxylation is 1. The number of rotatable bonds is 5. The summed E-state index contributed by atoms with van der Waals surface area (Å²) in [6.45, 7) is 4.91. The van der Waals surface area contributed by atoms with Crippen molar-refractivity contribution < 1.29 is 0 Å². The van der Waals surface area contributed by atoms with Gasteiger partial charge in [0, 0.05) is 25.2 Å². The molecule has 1 aromatic rings. The summed E-state index contributed by atoms with van der Waals surface area (Å²) in [5.74, 6) is 0.699. The summed E-state index contributed by atoms with van der Waals surface area (Å²) in [7, 11) is 0. The molecule has 5 nitrogen and oxygen atoms in total. The van der Waals surface area contributed by atoms with Crippen molar-refractivity contribution in [3.05, 3.63) is 35.2 Å². The summed E-state index contributed by atoms with van der Waals surface area (Å²) < 4.78 is 0. The zero-order valence-electron chi connectivity index (χ0n) is 12.4. The van der Waals surface area contributed by atoms with Gasteiger partial charge in [0.05, 0.1) is 5.56 Å². The molecule has 1 aliphatic heterocycles. The van der Waals surface area contributed by atoms with E-state index in [9.17, 15) is 0 Å². The molecule has 0 aromatic carbocycles. The summed E-state index contributed by atoms with van der Waals surface area (Å²) >= 11 is 0. The van der Waals surface area contributed by atoms with Gasteiger partial charge in [0.1, 0.15) is 11.9 Å². The first-order valence-electron chi connectivity index (χ1n) is 7.28. The van der Waals surface area contributed by atoms with Gasteiger partial charge in [0.2, 0.25) is 0 Å². The van der Waals surface area contributed by atoms with Crippen LogP contribution in [0.4, 0.5) is 5.82 Å². The van der Waals surface area contributed by atoms with Crippen LogP contribution in [0.1, 0.15) is 30.4 Å². The maximum atomic E-state index is 8.89. The minimum atomic E-state index is 0.588. The van der Waals surface area contributed by atoms with Crippen molar-refractivity contribution in [3.8, 4) is 6.07 Å². The second-order valence-electron chi connectivity index (χ2n) is 5.34. The molecule has 0 atom stereocenters. The third kappa shape index (κ3) is 4.40. The van der Waals surface area contributed by atoms with Gasteiger partial charge < -0.3 is 10.7 Å². The molecule has 0 bridgehead atoms. The number of nitriles is 1. The lowest BCUT2D eigenvalue weighted by atomic mass is 10.1. The fraction of sp³-hybridized carbons (Fsp3) is 0.438. The lowest BCUT2D eigenvalue weighted by Gasteiger charge is -2.26. The van der Waals surface area contributed by atoms with Crippen LogP contribution >= 0.6 is 0 Å². The van der Waals surface area contributed by atoms with E-state index in [4.69, 9.17) is 10.7 Å². The van der Waals surface area contributed by atoms with Gasteiger partial charge in [-0.3, -0.25) is 4.90 Å². The average molecular weight is 283 g/mol. The molecule has 0 unspecified atom stereocenters. The molecular weight excluding hydrogens is 262 g/mol. The van der Waals surface area contributed by atoms with Crippen molar-refractivity contribution >= 4 is 12.0 Å². The Morgan fingerprint density at radius 3 is 2.86 bits per heavy atom. The number of nitrogens with zero attached hydrogens (tertiary/aromatic N) is 3. The molecule has 0 amide bonds. The molecule has 1 fully saturated rings. The van der Waals surface area contributed by atoms with Crippen LogP contribution < -0.4 is 5.32 Å². The number of piperidine rings is 1. The summed E-state index contributed by atoms with van der Waals surface area (Å²) in [5, 5.41) is 19.5. The third-order valence-corrected chi connectivity index (χ3v) is 3.68. The molecule has 5 heteroatoms. The van der Waals surface area contributed by atoms with Crippen molar-refractivity contribution in [1.29, 1.82) is 10.7 Å². The summed E-state index contributed by atoms with van der Waals surface area (Å²) in [4.78, 5) is 6.57. The van der Waals surface area contributed by atoms with E-state index in [0.29, 0.717) is 11.4 Å². The molecule has 2 N–H and O–H groups in total. The monoisotopic (exact) mass is 283 g/mol. The molecule has 1 saturated heterocycles. The molecule has 1 aromatic heterocycles. The SMILES string of the molecule is Cc1cc(N/C=C(\C=N)CN2CCCCC2)ncc1C#N. The molecule has 0 saturated carbocycles. The van der Waals surface area contributed by atoms with Gasteiger partial charge in [-0.25, -0.2) is 4.98 Å². The molecule has 2 heterocycles. The highest BCUT2D eigenvalue weighted by Crippen LogP contribution is 2.12. The van der Waals surface area contributed by atoms with Gasteiger partial charge in [-0.05, 0) is 50.1 Å². The standard InChI is InChI=1S/C16H21N5/c1-13-7-16(20-11-15(13)9-18)19-10-14(8-17)12-21-5-3-2-4-6-21/h7-8,10-11,17H,2-6,12H2,1H3,(H,19,20)/b14-10+,17-8?. The van der Waals surface area contributed by atoms with E-state index in [0.717, 1.165) is 30.8 Å². The molecule has 0 radical (unpaired) electrons. The third-order valence-electron chi connectivity index (χ3n) is 3.68. The van der Waals surface area contributed by atoms with Crippen LogP contribution in [0.3, 0.4) is 0 Å². The lowest BCUT2D eigenvalue weighted by molar-refractivity contribution is 0.249. The van der Waals surface area contributed by atoms with E-state index in [1.165, 1.54) is 25.5 Å². The number of hydrogen-bond donors (Lipinski definition) is 2. The number of pyridine rings is 1. The van der Waals surface area contributed by atoms with Crippen molar-refractivity contribution in [2.24, 2.45) is 0 Å². The second-order valence-corrected chi connectivity index (χ2v) is 5.34. The number of nitrogens with one attached hydrogen (secondary N) is 2. The van der Waals surface area contributed by atoms with Crippen LogP contribution in [0, 0.1) is 23.7 Å². The van der Waals surface area contributed by atoms with Crippen LogP contribution in [-0.4, -0.2) is 35.7 Å². The Balaban J connectivity index is 1.98. The zero-order chi connectivity index (χ0) is 15.1. The van der Waals surface area contributed by atoms with Crippen LogP contribution in [0.15, 0.2) is 24.0 Å². The molecule has 1 aliphatic rings. The maximum Gasteiger partial charge on any atom is 0.130 e. The number of hydrogen-bond acceptors (Lipinski definition) is 5. The van der Waals surface area contributed by atoms with Crippen molar-refractivity contribution in [2.75, 3.05) is 25.0 Å². The highest BCUT2D eigenvalue weighted by atomic mass is 15.1. The fourth-order valence-corrected chi connectivity index (χ4v) is 2.43. The van der Waals surface area contributed by atoms with E-state index in [1.807, 2.05) is 19.2 Å². The minimum absolute atomic E-state index is 0.588. The summed E-state index contributed by atoms with van der Waals surface area (Å²) in [5.41, 5.74) is 2.42. The Morgan fingerprint density at radius 2 is 2.24 bits per heavy atom. The molecule has 0 aliphatic carbocycles. The Hall–Kier alpha value is -2.19. The Labute approximate surface area is 125 Å². The van der Waals surface area contributed by atoms with E-state index < -0.39 is 0 Å². The van der Waals surface area contributed by atoms with Crippen LogP contribution in [0.5, 0.6) is 0 Å². The predicted molar refractivity (Wildman–Crippen MR) is 84.5 cm³/mol. The highest BCUT2D eigenvalue weighted by Gasteiger charge is 2.10. The van der Waals surface area contributed by atoms with Crippen molar-refractivity contribution in [1.82, 2.24) is 9.88 Å². The van der Waals surface area contributed by atoms with E-state index >= 15 is 0 Å². The zero-order valence-corrected chi connectivity index (χ0v) is 12.4. The first kappa shape index (κ1) is 15.2. The van der Waals surface area contributed by atoms with Gasteiger partial charge in [-0.2, -0.15) is 5.26 Å². The minimum Gasteiger partial charge on any atom is -0.346 e. The summed E-state index contributed by atoms with van der Waals surface area (Å²) in [6, 6.07) is 3.95. The van der Waals surface area contributed by atoms with Crippen molar-refractivity contribution in [2.45, 2.75) is 26.2 Å². The van der Waals surface area contributed by atoms with Crippen LogP contribution in [-0.2, 0) is 0 Å². The molecule has 110 valence electrons. The molecule has 0 spiro atoms. The predicted octanol–water partition coefficient (Wildman–Crippen LogP) is 2.69. The molecule has 2 rings (SSSR count). The average Bonchev–Trinajstić information content (AvgIpc) is 2.52. The normalized spacial score (nSPS) is 16.3. The van der Waals surface area contributed by atoms with E-state index in [-0.39, 0.29) is 0 Å². The molecule has 21 heavy (non-hydrogen) atoms. The van der Waals surface area contributed by atoms with Gasteiger partial charge in [0.25, 0.3) is 0 Å². The maximum absolute atomic E-state index is 8.89. The smallest absolute Gasteiger partial charge is 0.130 e. The number of anilines is 1. The fourth-order valence-electron chi connectivity index (χ4n) is 2.43. The quantitative estimate of drug-likeness (QED) is 0.815. The van der Waals surface area contributed by atoms with Gasteiger partial charge >= 0.3 is 0 Å². The Morgan fingerprint density at radius 1 is 1.48 bits per heavy atom. The van der Waals surface area contributed by atoms with E-state index in [2.05, 4.69) is 21.3 Å². The number of likely N-dealkylation sites (tertiary alicyclic amines) is 1. The molecular formula is C16H21N5. The van der Waals surface area contributed by atoms with Crippen molar-refractivity contribution in [3.63, 3.8) is 0 Å². The van der Waals surface area contributed by atoms with E-state index in [1.54, 1.807) is 6.20 Å². The van der Waals surface area contributed by atoms with Crippen LogP contribution in [0.25, 0.3) is 0 Å². The van der Waals surface area contributed by atoms with Crippen LogP contribution in [0.2, 0.25) is 0 Å². The van der Waals surface area contributed by atoms with Gasteiger partial charge in [-0.1, -0.05) is 6.42 Å². The second kappa shape index (κ2) is 7.55. The number of aromatic nitrogens is 1. The largest absolute Gasteiger partial charge is 0.346 e.